The van der Waals surface area contributed by atoms with E-state index < -0.39 is 0 Å². The molecule has 0 saturated carbocycles. The van der Waals surface area contributed by atoms with Crippen molar-refractivity contribution in [2.75, 3.05) is 0 Å². The monoisotopic (exact) mass is 135 g/mol. The molecule has 2 rings (SSSR count). The van der Waals surface area contributed by atoms with E-state index in [2.05, 4.69) is 9.97 Å². The second-order valence-corrected chi connectivity index (χ2v) is 1.94. The first-order chi connectivity index (χ1) is 4.88. The highest BCUT2D eigenvalue weighted by molar-refractivity contribution is 5.33. The highest BCUT2D eigenvalue weighted by Gasteiger charge is 1.93. The summed E-state index contributed by atoms with van der Waals surface area (Å²) in [6, 6.07) is 1.71. The van der Waals surface area contributed by atoms with Crippen LogP contribution in [-0.2, 0) is 0 Å². The zero-order chi connectivity index (χ0) is 6.97. The quantitative estimate of drug-likeness (QED) is 0.553. The molecule has 0 fully saturated rings. The SMILES string of the molecule is O=c1[nH]cc2ncccn12. The molecular formula is C6H5N3O. The van der Waals surface area contributed by atoms with Crippen molar-refractivity contribution in [3.63, 3.8) is 0 Å². The maximum absolute atomic E-state index is 10.8. The second kappa shape index (κ2) is 1.70. The minimum atomic E-state index is -0.150. The fourth-order valence-electron chi connectivity index (χ4n) is 0.857. The number of fused-ring (bicyclic) bond motifs is 1. The molecule has 4 nitrogen and oxygen atoms in total. The Morgan fingerprint density at radius 1 is 1.60 bits per heavy atom. The van der Waals surface area contributed by atoms with Gasteiger partial charge in [0.05, 0.1) is 0 Å². The molecule has 0 spiro atoms. The average molecular weight is 135 g/mol. The number of aromatic amines is 1. The highest BCUT2D eigenvalue weighted by Crippen LogP contribution is 1.89. The Hall–Kier alpha value is -1.58. The molecule has 0 bridgehead atoms. The Balaban J connectivity index is 3.07. The summed E-state index contributed by atoms with van der Waals surface area (Å²) in [5.74, 6) is 0. The maximum atomic E-state index is 10.8. The Bertz CT molecular complexity index is 400. The van der Waals surface area contributed by atoms with E-state index >= 15 is 0 Å². The minimum absolute atomic E-state index is 0.150. The van der Waals surface area contributed by atoms with Crippen LogP contribution in [-0.4, -0.2) is 14.4 Å². The van der Waals surface area contributed by atoms with Crippen molar-refractivity contribution < 1.29 is 0 Å². The maximum Gasteiger partial charge on any atom is 0.331 e. The standard InChI is InChI=1S/C6H5N3O/c10-6-8-4-5-7-2-1-3-9(5)6/h1-4H,(H,8,10). The van der Waals surface area contributed by atoms with Crippen LogP contribution in [0.5, 0.6) is 0 Å². The van der Waals surface area contributed by atoms with E-state index in [1.165, 1.54) is 4.40 Å². The number of imidazole rings is 1. The number of aromatic nitrogens is 3. The first-order valence-corrected chi connectivity index (χ1v) is 2.89. The number of nitrogens with one attached hydrogen (secondary N) is 1. The van der Waals surface area contributed by atoms with E-state index in [0.29, 0.717) is 5.65 Å². The van der Waals surface area contributed by atoms with Crippen LogP contribution in [0.3, 0.4) is 0 Å². The molecule has 2 heterocycles. The highest BCUT2D eigenvalue weighted by atomic mass is 16.1. The van der Waals surface area contributed by atoms with Crippen molar-refractivity contribution in [3.8, 4) is 0 Å². The average Bonchev–Trinajstić information content (AvgIpc) is 2.34. The summed E-state index contributed by atoms with van der Waals surface area (Å²) in [4.78, 5) is 17.3. The van der Waals surface area contributed by atoms with Gasteiger partial charge >= 0.3 is 5.69 Å². The van der Waals surface area contributed by atoms with Crippen LogP contribution >= 0.6 is 0 Å². The molecule has 0 unspecified atom stereocenters. The summed E-state index contributed by atoms with van der Waals surface area (Å²) in [7, 11) is 0. The van der Waals surface area contributed by atoms with Gasteiger partial charge in [0.1, 0.15) is 0 Å². The van der Waals surface area contributed by atoms with Gasteiger partial charge in [-0.05, 0) is 6.07 Å². The predicted molar refractivity (Wildman–Crippen MR) is 35.8 cm³/mol. The van der Waals surface area contributed by atoms with E-state index in [0.717, 1.165) is 0 Å². The van der Waals surface area contributed by atoms with Crippen molar-refractivity contribution in [2.24, 2.45) is 0 Å². The van der Waals surface area contributed by atoms with Crippen molar-refractivity contribution in [2.45, 2.75) is 0 Å². The summed E-state index contributed by atoms with van der Waals surface area (Å²) in [5, 5.41) is 0. The van der Waals surface area contributed by atoms with Gasteiger partial charge in [-0.25, -0.2) is 9.78 Å². The summed E-state index contributed by atoms with van der Waals surface area (Å²) < 4.78 is 1.44. The van der Waals surface area contributed by atoms with E-state index in [1.54, 1.807) is 24.7 Å². The lowest BCUT2D eigenvalue weighted by Gasteiger charge is -1.85. The second-order valence-electron chi connectivity index (χ2n) is 1.94. The van der Waals surface area contributed by atoms with Crippen LogP contribution in [0.15, 0.2) is 29.5 Å². The number of hydrogen-bond donors (Lipinski definition) is 1. The molecule has 0 aromatic carbocycles. The number of rotatable bonds is 0. The van der Waals surface area contributed by atoms with Gasteiger partial charge in [0.15, 0.2) is 5.65 Å². The van der Waals surface area contributed by atoms with Crippen molar-refractivity contribution in [1.82, 2.24) is 14.4 Å². The third-order valence-corrected chi connectivity index (χ3v) is 1.32. The fourth-order valence-corrected chi connectivity index (χ4v) is 0.857. The lowest BCUT2D eigenvalue weighted by atomic mass is 10.6. The van der Waals surface area contributed by atoms with Crippen LogP contribution in [0.4, 0.5) is 0 Å². The van der Waals surface area contributed by atoms with Gasteiger partial charge in [0.2, 0.25) is 0 Å². The number of H-pyrrole nitrogens is 1. The third-order valence-electron chi connectivity index (χ3n) is 1.32. The molecule has 2 aromatic heterocycles. The Labute approximate surface area is 56.2 Å². The van der Waals surface area contributed by atoms with E-state index in [4.69, 9.17) is 0 Å². The predicted octanol–water partition coefficient (Wildman–Crippen LogP) is 0.0226. The van der Waals surface area contributed by atoms with Crippen LogP contribution in [0.2, 0.25) is 0 Å². The van der Waals surface area contributed by atoms with Crippen molar-refractivity contribution in [3.05, 3.63) is 35.1 Å². The normalized spacial score (nSPS) is 10.4. The van der Waals surface area contributed by atoms with Crippen molar-refractivity contribution >= 4 is 5.65 Å². The molecule has 0 radical (unpaired) electrons. The molecule has 10 heavy (non-hydrogen) atoms. The molecule has 0 amide bonds. The smallest absolute Gasteiger partial charge is 0.310 e. The lowest BCUT2D eigenvalue weighted by molar-refractivity contribution is 1.04. The van der Waals surface area contributed by atoms with Crippen LogP contribution in [0, 0.1) is 0 Å². The topological polar surface area (TPSA) is 50.2 Å². The number of hydrogen-bond acceptors (Lipinski definition) is 2. The summed E-state index contributed by atoms with van der Waals surface area (Å²) in [5.41, 5.74) is 0.496. The molecule has 0 atom stereocenters. The number of nitrogens with zero attached hydrogens (tertiary/aromatic N) is 2. The van der Waals surface area contributed by atoms with Crippen LogP contribution in [0.25, 0.3) is 5.65 Å². The zero-order valence-electron chi connectivity index (χ0n) is 5.11. The molecular weight excluding hydrogens is 130 g/mol. The van der Waals surface area contributed by atoms with Crippen LogP contribution < -0.4 is 5.69 Å². The molecule has 2 aromatic rings. The van der Waals surface area contributed by atoms with Gasteiger partial charge in [-0.3, -0.25) is 4.40 Å². The van der Waals surface area contributed by atoms with Crippen LogP contribution in [0.1, 0.15) is 0 Å². The molecule has 50 valence electrons. The van der Waals surface area contributed by atoms with Crippen molar-refractivity contribution in [1.29, 1.82) is 0 Å². The minimum Gasteiger partial charge on any atom is -0.310 e. The molecule has 0 aliphatic rings. The molecule has 4 heteroatoms. The Kier molecular flexibility index (Phi) is 0.887. The Morgan fingerprint density at radius 2 is 2.50 bits per heavy atom. The van der Waals surface area contributed by atoms with Gasteiger partial charge in [-0.2, -0.15) is 0 Å². The summed E-state index contributed by atoms with van der Waals surface area (Å²) >= 11 is 0. The zero-order valence-corrected chi connectivity index (χ0v) is 5.11. The first-order valence-electron chi connectivity index (χ1n) is 2.89. The Morgan fingerprint density at radius 3 is 3.30 bits per heavy atom. The van der Waals surface area contributed by atoms with Gasteiger partial charge in [0, 0.05) is 18.6 Å². The van der Waals surface area contributed by atoms with Gasteiger partial charge < -0.3 is 4.98 Å². The van der Waals surface area contributed by atoms with E-state index in [1.807, 2.05) is 0 Å². The lowest BCUT2D eigenvalue weighted by Crippen LogP contribution is -2.08. The first kappa shape index (κ1) is 5.22. The third kappa shape index (κ3) is 0.556. The largest absolute Gasteiger partial charge is 0.331 e. The van der Waals surface area contributed by atoms with E-state index in [-0.39, 0.29) is 5.69 Å². The molecule has 1 N–H and O–H groups in total. The van der Waals surface area contributed by atoms with Gasteiger partial charge in [-0.15, -0.1) is 0 Å². The summed E-state index contributed by atoms with van der Waals surface area (Å²) in [6.45, 7) is 0. The molecule has 0 aliphatic heterocycles. The van der Waals surface area contributed by atoms with Gasteiger partial charge in [-0.1, -0.05) is 0 Å². The molecule has 0 saturated heterocycles. The molecule has 0 aliphatic carbocycles. The summed E-state index contributed by atoms with van der Waals surface area (Å²) in [6.07, 6.45) is 4.88. The van der Waals surface area contributed by atoms with E-state index in [9.17, 15) is 4.79 Å². The van der Waals surface area contributed by atoms with Gasteiger partial charge in [0.25, 0.3) is 0 Å². The fraction of sp³-hybridized carbons (Fsp3) is 0.